The van der Waals surface area contributed by atoms with E-state index in [1.807, 2.05) is 42.5 Å². The second kappa shape index (κ2) is 7.13. The molecule has 0 amide bonds. The van der Waals surface area contributed by atoms with Crippen molar-refractivity contribution in [2.45, 2.75) is 19.9 Å². The molecule has 0 aromatic heterocycles. The highest BCUT2D eigenvalue weighted by Gasteiger charge is 2.34. The summed E-state index contributed by atoms with van der Waals surface area (Å²) >= 11 is 5.11. The zero-order valence-corrected chi connectivity index (χ0v) is 12.9. The van der Waals surface area contributed by atoms with Crippen LogP contribution >= 0.6 is 12.2 Å². The van der Waals surface area contributed by atoms with Crippen LogP contribution in [0.1, 0.15) is 19.4 Å². The van der Waals surface area contributed by atoms with Crippen molar-refractivity contribution in [2.75, 3.05) is 6.61 Å². The van der Waals surface area contributed by atoms with E-state index in [9.17, 15) is 4.79 Å². The van der Waals surface area contributed by atoms with E-state index in [-0.39, 0.29) is 12.0 Å². The summed E-state index contributed by atoms with van der Waals surface area (Å²) in [6.45, 7) is 3.94. The van der Waals surface area contributed by atoms with Crippen LogP contribution in [0.2, 0.25) is 0 Å². The van der Waals surface area contributed by atoms with Gasteiger partial charge in [-0.3, -0.25) is 4.79 Å². The maximum Gasteiger partial charge on any atom is 0.317 e. The molecule has 0 fully saturated rings. The van der Waals surface area contributed by atoms with E-state index in [0.717, 1.165) is 5.56 Å². The fraction of sp³-hybridized carbons (Fsp3) is 0.312. The third-order valence-electron chi connectivity index (χ3n) is 3.21. The zero-order valence-electron chi connectivity index (χ0n) is 12.1. The molecule has 0 aliphatic carbocycles. The number of carbonyl (C=O) groups excluding carboxylic acids is 1. The largest absolute Gasteiger partial charge is 0.465 e. The van der Waals surface area contributed by atoms with Gasteiger partial charge in [-0.25, -0.2) is 4.99 Å². The predicted molar refractivity (Wildman–Crippen MR) is 88.2 cm³/mol. The summed E-state index contributed by atoms with van der Waals surface area (Å²) in [5.41, 5.74) is 1.74. The van der Waals surface area contributed by atoms with Gasteiger partial charge in [-0.1, -0.05) is 42.5 Å². The summed E-state index contributed by atoms with van der Waals surface area (Å²) in [7, 11) is 0. The monoisotopic (exact) mass is 302 g/mol. The molecule has 1 aromatic carbocycles. The van der Waals surface area contributed by atoms with Crippen LogP contribution < -0.4 is 5.32 Å². The Morgan fingerprint density at radius 3 is 2.81 bits per heavy atom. The minimum atomic E-state index is -0.448. The number of rotatable bonds is 4. The fourth-order valence-electron chi connectivity index (χ4n) is 2.24. The van der Waals surface area contributed by atoms with E-state index in [1.165, 1.54) is 0 Å². The number of thiocarbonyl (C=S) groups is 1. The smallest absolute Gasteiger partial charge is 0.317 e. The van der Waals surface area contributed by atoms with E-state index in [2.05, 4.69) is 10.3 Å². The van der Waals surface area contributed by atoms with Crippen molar-refractivity contribution in [1.29, 1.82) is 0 Å². The van der Waals surface area contributed by atoms with Crippen LogP contribution in [0.4, 0.5) is 0 Å². The molecular weight excluding hydrogens is 284 g/mol. The van der Waals surface area contributed by atoms with Gasteiger partial charge in [0.05, 0.1) is 12.6 Å². The lowest BCUT2D eigenvalue weighted by molar-refractivity contribution is -0.145. The van der Waals surface area contributed by atoms with Crippen LogP contribution in [0, 0.1) is 5.92 Å². The average molecular weight is 302 g/mol. The quantitative estimate of drug-likeness (QED) is 0.686. The molecule has 0 bridgehead atoms. The molecule has 21 heavy (non-hydrogen) atoms. The third-order valence-corrected chi connectivity index (χ3v) is 3.42. The van der Waals surface area contributed by atoms with Crippen molar-refractivity contribution in [3.8, 4) is 0 Å². The van der Waals surface area contributed by atoms with Gasteiger partial charge in [-0.2, -0.15) is 0 Å². The number of nitrogens with one attached hydrogen (secondary N) is 1. The zero-order chi connectivity index (χ0) is 15.2. The Balaban J connectivity index is 2.22. The lowest BCUT2D eigenvalue weighted by atomic mass is 9.93. The minimum absolute atomic E-state index is 0.241. The number of hydrogen-bond donors (Lipinski definition) is 1. The molecule has 0 radical (unpaired) electrons. The van der Waals surface area contributed by atoms with Crippen LogP contribution in [0.5, 0.6) is 0 Å². The van der Waals surface area contributed by atoms with Gasteiger partial charge in [-0.15, -0.1) is 0 Å². The number of hydrogen-bond acceptors (Lipinski definition) is 3. The second-order valence-electron chi connectivity index (χ2n) is 4.73. The molecule has 110 valence electrons. The standard InChI is InChI=1S/C16H18N2O2S/c1-3-20-15(19)14-11(2)17-16(21)18-13(14)10-9-12-7-5-4-6-8-12/h4-10,13-14H,3H2,1-2H3,(H,18,21)/b10-9+/t13-,14+/m0/s1. The lowest BCUT2D eigenvalue weighted by Gasteiger charge is -2.28. The van der Waals surface area contributed by atoms with Crippen molar-refractivity contribution in [3.05, 3.63) is 42.0 Å². The highest BCUT2D eigenvalue weighted by Crippen LogP contribution is 2.17. The molecule has 1 aliphatic rings. The number of aliphatic imine (C=N–C) groups is 1. The second-order valence-corrected chi connectivity index (χ2v) is 5.11. The van der Waals surface area contributed by atoms with Crippen LogP contribution in [0.15, 0.2) is 41.4 Å². The summed E-state index contributed by atoms with van der Waals surface area (Å²) < 4.78 is 5.13. The minimum Gasteiger partial charge on any atom is -0.465 e. The number of esters is 1. The number of carbonyl (C=O) groups is 1. The first-order valence-corrected chi connectivity index (χ1v) is 7.28. The van der Waals surface area contributed by atoms with Gasteiger partial charge in [0.15, 0.2) is 5.11 Å². The molecule has 0 saturated heterocycles. The summed E-state index contributed by atoms with van der Waals surface area (Å²) in [5, 5.41) is 3.46. The topological polar surface area (TPSA) is 50.7 Å². The molecule has 1 aliphatic heterocycles. The Labute approximate surface area is 129 Å². The molecular formula is C16H18N2O2S. The molecule has 5 heteroatoms. The van der Waals surface area contributed by atoms with Gasteiger partial charge in [-0.05, 0) is 31.6 Å². The number of ether oxygens (including phenoxy) is 1. The molecule has 1 N–H and O–H groups in total. The van der Waals surface area contributed by atoms with E-state index in [4.69, 9.17) is 17.0 Å². The van der Waals surface area contributed by atoms with Crippen LogP contribution in [-0.4, -0.2) is 29.4 Å². The normalized spacial score (nSPS) is 21.8. The van der Waals surface area contributed by atoms with Crippen molar-refractivity contribution >= 4 is 35.1 Å². The van der Waals surface area contributed by atoms with E-state index >= 15 is 0 Å². The Hall–Kier alpha value is -2.01. The van der Waals surface area contributed by atoms with Crippen molar-refractivity contribution in [2.24, 2.45) is 10.9 Å². The SMILES string of the molecule is CCOC(=O)[C@@H]1C(C)=NC(=S)N[C@H]1/C=C/c1ccccc1. The molecule has 1 heterocycles. The van der Waals surface area contributed by atoms with Gasteiger partial charge in [0.2, 0.25) is 0 Å². The fourth-order valence-corrected chi connectivity index (χ4v) is 2.52. The van der Waals surface area contributed by atoms with Gasteiger partial charge in [0.25, 0.3) is 0 Å². The Morgan fingerprint density at radius 1 is 1.43 bits per heavy atom. The van der Waals surface area contributed by atoms with Crippen molar-refractivity contribution in [3.63, 3.8) is 0 Å². The highest BCUT2D eigenvalue weighted by atomic mass is 32.1. The third kappa shape index (κ3) is 3.98. The van der Waals surface area contributed by atoms with E-state index < -0.39 is 5.92 Å². The molecule has 1 aromatic rings. The molecule has 0 unspecified atom stereocenters. The Bertz CT molecular complexity index is 581. The first-order chi connectivity index (χ1) is 10.1. The van der Waals surface area contributed by atoms with Gasteiger partial charge >= 0.3 is 5.97 Å². The predicted octanol–water partition coefficient (Wildman–Crippen LogP) is 2.60. The molecule has 4 nitrogen and oxygen atoms in total. The number of nitrogens with zero attached hydrogens (tertiary/aromatic N) is 1. The van der Waals surface area contributed by atoms with Gasteiger partial charge in [0, 0.05) is 5.71 Å². The Kier molecular flexibility index (Phi) is 5.22. The summed E-state index contributed by atoms with van der Waals surface area (Å²) in [5.74, 6) is -0.729. The van der Waals surface area contributed by atoms with Crippen LogP contribution in [0.25, 0.3) is 6.08 Å². The van der Waals surface area contributed by atoms with Crippen molar-refractivity contribution in [1.82, 2.24) is 5.32 Å². The maximum absolute atomic E-state index is 12.1. The summed E-state index contributed by atoms with van der Waals surface area (Å²) in [4.78, 5) is 16.3. The number of benzene rings is 1. The first-order valence-electron chi connectivity index (χ1n) is 6.87. The van der Waals surface area contributed by atoms with E-state index in [1.54, 1.807) is 13.8 Å². The van der Waals surface area contributed by atoms with Gasteiger partial charge in [0.1, 0.15) is 5.92 Å². The molecule has 0 spiro atoms. The molecule has 2 atom stereocenters. The van der Waals surface area contributed by atoms with Crippen LogP contribution in [-0.2, 0) is 9.53 Å². The highest BCUT2D eigenvalue weighted by molar-refractivity contribution is 7.80. The molecule has 2 rings (SSSR count). The maximum atomic E-state index is 12.1. The van der Waals surface area contributed by atoms with Crippen molar-refractivity contribution < 1.29 is 9.53 Å². The summed E-state index contributed by atoms with van der Waals surface area (Å²) in [6.07, 6.45) is 3.90. The average Bonchev–Trinajstić information content (AvgIpc) is 2.45. The van der Waals surface area contributed by atoms with Gasteiger partial charge < -0.3 is 10.1 Å². The van der Waals surface area contributed by atoms with E-state index in [0.29, 0.717) is 17.4 Å². The Morgan fingerprint density at radius 2 is 2.14 bits per heavy atom. The summed E-state index contributed by atoms with van der Waals surface area (Å²) in [6, 6.07) is 9.65. The first kappa shape index (κ1) is 15.4. The lowest BCUT2D eigenvalue weighted by Crippen LogP contribution is -2.48. The van der Waals surface area contributed by atoms with Crippen LogP contribution in [0.3, 0.4) is 0 Å². The molecule has 0 saturated carbocycles.